The average molecular weight is 643 g/mol. The van der Waals surface area contributed by atoms with Gasteiger partial charge in [-0.15, -0.1) is 0 Å². The number of carbonyl (C=O) groups is 2. The predicted molar refractivity (Wildman–Crippen MR) is 169 cm³/mol. The number of carbonyl (C=O) groups excluding carboxylic acids is 1. The summed E-state index contributed by atoms with van der Waals surface area (Å²) in [6, 6.07) is 9.17. The molecule has 0 radical (unpaired) electrons. The number of benzene rings is 1. The zero-order valence-corrected chi connectivity index (χ0v) is 26.4. The number of rotatable bonds is 9. The molecule has 2 saturated heterocycles. The van der Waals surface area contributed by atoms with Gasteiger partial charge in [-0.1, -0.05) is 23.2 Å². The lowest BCUT2D eigenvalue weighted by Gasteiger charge is -2.37. The van der Waals surface area contributed by atoms with E-state index in [1.807, 2.05) is 17.0 Å². The van der Waals surface area contributed by atoms with Gasteiger partial charge in [-0.3, -0.25) is 14.5 Å². The first-order chi connectivity index (χ1) is 20.9. The number of likely N-dealkylation sites (tertiary alicyclic amines) is 1. The highest BCUT2D eigenvalue weighted by Crippen LogP contribution is 2.31. The molecule has 2 aliphatic heterocycles. The third-order valence-corrected chi connectivity index (χ3v) is 8.27. The van der Waals surface area contributed by atoms with Gasteiger partial charge in [-0.25, -0.2) is 15.0 Å². The minimum atomic E-state index is -0.902. The number of nitrogens with two attached hydrogens (primary N) is 1. The number of hydrogen-bond acceptors (Lipinski definition) is 9. The van der Waals surface area contributed by atoms with Gasteiger partial charge in [0.05, 0.1) is 23.6 Å². The Bertz CT molecular complexity index is 1460. The van der Waals surface area contributed by atoms with E-state index in [2.05, 4.69) is 14.9 Å². The highest BCUT2D eigenvalue weighted by Gasteiger charge is 2.30. The molecule has 44 heavy (non-hydrogen) atoms. The molecule has 13 heteroatoms. The third-order valence-electron chi connectivity index (χ3n) is 7.83. The molecular weight excluding hydrogens is 605 g/mol. The van der Waals surface area contributed by atoms with E-state index in [-0.39, 0.29) is 18.2 Å². The van der Waals surface area contributed by atoms with E-state index in [0.29, 0.717) is 66.0 Å². The van der Waals surface area contributed by atoms with Crippen LogP contribution in [-0.2, 0) is 16.1 Å². The normalized spacial score (nSPS) is 16.7. The van der Waals surface area contributed by atoms with Crippen LogP contribution in [0.15, 0.2) is 42.7 Å². The summed E-state index contributed by atoms with van der Waals surface area (Å²) in [7, 11) is 0. The van der Waals surface area contributed by atoms with Crippen LogP contribution < -0.4 is 15.4 Å². The second-order valence-corrected chi connectivity index (χ2v) is 12.9. The van der Waals surface area contributed by atoms with Gasteiger partial charge >= 0.3 is 5.97 Å². The Morgan fingerprint density at radius 3 is 2.20 bits per heavy atom. The summed E-state index contributed by atoms with van der Waals surface area (Å²) in [5.41, 5.74) is 7.49. The van der Waals surface area contributed by atoms with Gasteiger partial charge in [0.25, 0.3) is 0 Å². The summed E-state index contributed by atoms with van der Waals surface area (Å²) >= 11 is 12.6. The molecule has 2 fully saturated rings. The molecule has 234 valence electrons. The lowest BCUT2D eigenvalue weighted by Crippen LogP contribution is -2.57. The predicted octanol–water partition coefficient (Wildman–Crippen LogP) is 4.71. The molecule has 0 unspecified atom stereocenters. The molecular formula is C31H37Cl2N7O4. The monoisotopic (exact) mass is 641 g/mol. The Labute approximate surface area is 266 Å². The molecule has 5 rings (SSSR count). The minimum absolute atomic E-state index is 0.0707. The fourth-order valence-electron chi connectivity index (χ4n) is 5.57. The molecule has 1 aromatic carbocycles. The smallest absolute Gasteiger partial charge is 0.303 e. The van der Waals surface area contributed by atoms with Crippen molar-refractivity contribution in [1.82, 2.24) is 24.8 Å². The molecule has 0 aliphatic carbocycles. The Hall–Kier alpha value is -3.51. The molecule has 3 N–H and O–H groups in total. The fraction of sp³-hybridized carbons (Fsp3) is 0.452. The number of anilines is 1. The average Bonchev–Trinajstić information content (AvgIpc) is 2.97. The van der Waals surface area contributed by atoms with Gasteiger partial charge in [-0.05, 0) is 75.5 Å². The van der Waals surface area contributed by atoms with Crippen LogP contribution in [0.4, 0.5) is 5.95 Å². The lowest BCUT2D eigenvalue weighted by atomic mass is 9.93. The van der Waals surface area contributed by atoms with Crippen molar-refractivity contribution in [3.8, 4) is 22.9 Å². The van der Waals surface area contributed by atoms with Crippen LogP contribution in [0.5, 0.6) is 11.6 Å². The molecule has 11 nitrogen and oxygen atoms in total. The maximum absolute atomic E-state index is 12.5. The number of hydrogen-bond donors (Lipinski definition) is 2. The number of pyridine rings is 1. The van der Waals surface area contributed by atoms with Gasteiger partial charge in [-0.2, -0.15) is 0 Å². The summed E-state index contributed by atoms with van der Waals surface area (Å²) in [5, 5.41) is 10.2. The summed E-state index contributed by atoms with van der Waals surface area (Å²) < 4.78 is 6.15. The number of carboxylic acids is 1. The van der Waals surface area contributed by atoms with Crippen LogP contribution >= 0.6 is 23.2 Å². The second kappa shape index (κ2) is 13.6. The Balaban J connectivity index is 1.30. The van der Waals surface area contributed by atoms with Crippen LogP contribution in [0, 0.1) is 5.92 Å². The van der Waals surface area contributed by atoms with E-state index in [9.17, 15) is 9.59 Å². The number of aromatic nitrogens is 3. The van der Waals surface area contributed by atoms with Crippen molar-refractivity contribution in [2.24, 2.45) is 11.7 Å². The van der Waals surface area contributed by atoms with Crippen molar-refractivity contribution in [2.75, 3.05) is 44.2 Å². The van der Waals surface area contributed by atoms with Gasteiger partial charge in [0.15, 0.2) is 5.75 Å². The summed E-state index contributed by atoms with van der Waals surface area (Å²) in [6.45, 7) is 8.02. The SMILES string of the molecule is CC(C)(N)C(=O)N1CCN(c2ncc(Oc3cc(CN4CCC(CC(=O)O)CC4)cc(-c4cc(Cl)cc(Cl)c4)n3)cn2)CC1. The number of halogens is 2. The van der Waals surface area contributed by atoms with Crippen molar-refractivity contribution in [2.45, 2.75) is 45.2 Å². The first-order valence-electron chi connectivity index (χ1n) is 14.7. The Morgan fingerprint density at radius 2 is 1.61 bits per heavy atom. The maximum atomic E-state index is 12.5. The summed E-state index contributed by atoms with van der Waals surface area (Å²) in [5.74, 6) is 0.754. The summed E-state index contributed by atoms with van der Waals surface area (Å²) in [4.78, 5) is 43.5. The molecule has 0 bridgehead atoms. The molecule has 2 aromatic heterocycles. The first-order valence-corrected chi connectivity index (χ1v) is 15.4. The number of nitrogens with zero attached hydrogens (tertiary/aromatic N) is 6. The number of aliphatic carboxylic acids is 1. The highest BCUT2D eigenvalue weighted by molar-refractivity contribution is 6.35. The molecule has 4 heterocycles. The van der Waals surface area contributed by atoms with Crippen LogP contribution in [0.2, 0.25) is 10.0 Å². The van der Waals surface area contributed by atoms with E-state index in [1.165, 1.54) is 0 Å². The quantitative estimate of drug-likeness (QED) is 0.338. The molecule has 0 saturated carbocycles. The Morgan fingerprint density at radius 1 is 0.977 bits per heavy atom. The fourth-order valence-corrected chi connectivity index (χ4v) is 6.10. The molecule has 3 aromatic rings. The van der Waals surface area contributed by atoms with Crippen molar-refractivity contribution < 1.29 is 19.4 Å². The molecule has 1 amide bonds. The van der Waals surface area contributed by atoms with Gasteiger partial charge in [0, 0.05) is 60.8 Å². The van der Waals surface area contributed by atoms with E-state index in [4.69, 9.17) is 43.8 Å². The van der Waals surface area contributed by atoms with E-state index in [0.717, 1.165) is 37.1 Å². The Kier molecular flexibility index (Phi) is 9.89. The van der Waals surface area contributed by atoms with E-state index < -0.39 is 11.5 Å². The third kappa shape index (κ3) is 8.35. The van der Waals surface area contributed by atoms with Gasteiger partial charge < -0.3 is 25.4 Å². The second-order valence-electron chi connectivity index (χ2n) is 12.0. The van der Waals surface area contributed by atoms with Crippen LogP contribution in [0.25, 0.3) is 11.3 Å². The van der Waals surface area contributed by atoms with Crippen molar-refractivity contribution >= 4 is 41.0 Å². The maximum Gasteiger partial charge on any atom is 0.303 e. The number of piperazine rings is 1. The van der Waals surface area contributed by atoms with Crippen LogP contribution in [-0.4, -0.2) is 86.5 Å². The number of piperidine rings is 1. The number of ether oxygens (including phenoxy) is 1. The van der Waals surface area contributed by atoms with Crippen LogP contribution in [0.1, 0.15) is 38.7 Å². The molecule has 2 aliphatic rings. The molecule has 0 spiro atoms. The zero-order valence-electron chi connectivity index (χ0n) is 24.9. The van der Waals surface area contributed by atoms with Crippen molar-refractivity contribution in [1.29, 1.82) is 0 Å². The number of carboxylic acid groups (broad SMARTS) is 1. The van der Waals surface area contributed by atoms with E-state index in [1.54, 1.807) is 49.3 Å². The topological polar surface area (TPSA) is 138 Å². The summed E-state index contributed by atoms with van der Waals surface area (Å²) in [6.07, 6.45) is 5.12. The largest absolute Gasteiger partial charge is 0.481 e. The van der Waals surface area contributed by atoms with E-state index >= 15 is 0 Å². The first kappa shape index (κ1) is 31.9. The molecule has 0 atom stereocenters. The lowest BCUT2D eigenvalue weighted by molar-refractivity contribution is -0.138. The minimum Gasteiger partial charge on any atom is -0.481 e. The van der Waals surface area contributed by atoms with Crippen molar-refractivity contribution in [3.63, 3.8) is 0 Å². The van der Waals surface area contributed by atoms with Crippen LogP contribution in [0.3, 0.4) is 0 Å². The zero-order chi connectivity index (χ0) is 31.4. The van der Waals surface area contributed by atoms with Gasteiger partial charge in [0.1, 0.15) is 0 Å². The van der Waals surface area contributed by atoms with Crippen molar-refractivity contribution in [3.05, 3.63) is 58.3 Å². The highest BCUT2D eigenvalue weighted by atomic mass is 35.5. The van der Waals surface area contributed by atoms with Gasteiger partial charge in [0.2, 0.25) is 17.7 Å². The number of amides is 1. The standard InChI is InChI=1S/C31H37Cl2N7O4/c1-31(2,34)29(43)39-7-9-40(10-8-39)30-35-17-25(18-36-30)44-27-12-21(19-38-5-3-20(4-6-38)13-28(41)42)11-26(37-27)22-14-23(32)16-24(33)15-22/h11-12,14-18,20H,3-10,13,19,34H2,1-2H3,(H,41,42).